The van der Waals surface area contributed by atoms with Gasteiger partial charge in [-0.05, 0) is 19.3 Å². The summed E-state index contributed by atoms with van der Waals surface area (Å²) in [6.45, 7) is 7.51. The highest BCUT2D eigenvalue weighted by Crippen LogP contribution is 2.33. The van der Waals surface area contributed by atoms with Crippen LogP contribution in [0.25, 0.3) is 0 Å². The molecule has 1 aromatic heterocycles. The van der Waals surface area contributed by atoms with Gasteiger partial charge in [0.25, 0.3) is 0 Å². The third-order valence-corrected chi connectivity index (χ3v) is 5.50. The highest BCUT2D eigenvalue weighted by molar-refractivity contribution is 5.78. The SMILES string of the molecule is CC(=O)N1CCc2nc([C@H]3CCCCN3C(=O)C(C)C)nc(N(C)C)c2C1. The lowest BCUT2D eigenvalue weighted by atomic mass is 9.98. The number of hydrogen-bond donors (Lipinski definition) is 0. The summed E-state index contributed by atoms with van der Waals surface area (Å²) in [5, 5.41) is 0. The minimum atomic E-state index is -0.0523. The van der Waals surface area contributed by atoms with Gasteiger partial charge in [0, 0.05) is 52.0 Å². The summed E-state index contributed by atoms with van der Waals surface area (Å²) in [5.74, 6) is 1.84. The number of hydrogen-bond acceptors (Lipinski definition) is 5. The number of amides is 2. The van der Waals surface area contributed by atoms with Crippen LogP contribution in [0.5, 0.6) is 0 Å². The van der Waals surface area contributed by atoms with Gasteiger partial charge in [0.2, 0.25) is 11.8 Å². The highest BCUT2D eigenvalue weighted by atomic mass is 16.2. The lowest BCUT2D eigenvalue weighted by Crippen LogP contribution is -2.42. The van der Waals surface area contributed by atoms with E-state index in [0.29, 0.717) is 13.1 Å². The Morgan fingerprint density at radius 1 is 1.15 bits per heavy atom. The van der Waals surface area contributed by atoms with Crippen molar-refractivity contribution in [2.24, 2.45) is 5.92 Å². The Hall–Kier alpha value is -2.18. The van der Waals surface area contributed by atoms with Gasteiger partial charge in [-0.15, -0.1) is 0 Å². The zero-order chi connectivity index (χ0) is 19.7. The normalized spacial score (nSPS) is 19.9. The van der Waals surface area contributed by atoms with Gasteiger partial charge < -0.3 is 14.7 Å². The first kappa shape index (κ1) is 19.6. The van der Waals surface area contributed by atoms with E-state index in [2.05, 4.69) is 0 Å². The van der Waals surface area contributed by atoms with Gasteiger partial charge in [0.15, 0.2) is 5.82 Å². The van der Waals surface area contributed by atoms with Crippen LogP contribution < -0.4 is 4.90 Å². The second kappa shape index (κ2) is 7.82. The number of nitrogens with zero attached hydrogens (tertiary/aromatic N) is 5. The third-order valence-electron chi connectivity index (χ3n) is 5.50. The quantitative estimate of drug-likeness (QED) is 0.812. The minimum absolute atomic E-state index is 0.0272. The van der Waals surface area contributed by atoms with Gasteiger partial charge in [-0.2, -0.15) is 0 Å². The molecule has 0 N–H and O–H groups in total. The maximum Gasteiger partial charge on any atom is 0.225 e. The molecule has 1 saturated heterocycles. The Morgan fingerprint density at radius 2 is 1.89 bits per heavy atom. The molecule has 2 amide bonds. The van der Waals surface area contributed by atoms with Crippen molar-refractivity contribution >= 4 is 17.6 Å². The molecule has 7 heteroatoms. The molecule has 3 rings (SSSR count). The predicted octanol–water partition coefficient (Wildman–Crippen LogP) is 2.16. The molecule has 148 valence electrons. The first-order valence-electron chi connectivity index (χ1n) is 9.92. The van der Waals surface area contributed by atoms with E-state index in [1.165, 1.54) is 0 Å². The smallest absolute Gasteiger partial charge is 0.225 e. The van der Waals surface area contributed by atoms with Gasteiger partial charge in [0.05, 0.1) is 18.3 Å². The maximum absolute atomic E-state index is 12.7. The zero-order valence-corrected chi connectivity index (χ0v) is 17.2. The van der Waals surface area contributed by atoms with E-state index in [1.54, 1.807) is 6.92 Å². The number of carbonyl (C=O) groups is 2. The molecule has 7 nitrogen and oxygen atoms in total. The molecule has 3 heterocycles. The summed E-state index contributed by atoms with van der Waals surface area (Å²) in [7, 11) is 3.94. The number of aromatic nitrogens is 2. The van der Waals surface area contributed by atoms with E-state index in [4.69, 9.17) is 9.97 Å². The fourth-order valence-electron chi connectivity index (χ4n) is 4.00. The Labute approximate surface area is 161 Å². The summed E-state index contributed by atoms with van der Waals surface area (Å²) in [5.41, 5.74) is 2.05. The molecule has 0 saturated carbocycles. The molecular formula is C20H31N5O2. The molecule has 1 aromatic rings. The van der Waals surface area contributed by atoms with Crippen LogP contribution >= 0.6 is 0 Å². The fraction of sp³-hybridized carbons (Fsp3) is 0.700. The average Bonchev–Trinajstić information content (AvgIpc) is 2.65. The molecule has 2 aliphatic rings. The summed E-state index contributed by atoms with van der Waals surface area (Å²) < 4.78 is 0. The van der Waals surface area contributed by atoms with Crippen LogP contribution in [0.2, 0.25) is 0 Å². The minimum Gasteiger partial charge on any atom is -0.362 e. The molecule has 0 aromatic carbocycles. The van der Waals surface area contributed by atoms with Gasteiger partial charge in [-0.3, -0.25) is 9.59 Å². The number of likely N-dealkylation sites (tertiary alicyclic amines) is 1. The van der Waals surface area contributed by atoms with Gasteiger partial charge in [0.1, 0.15) is 5.82 Å². The second-order valence-corrected chi connectivity index (χ2v) is 8.11. The number of rotatable bonds is 3. The van der Waals surface area contributed by atoms with Gasteiger partial charge in [-0.1, -0.05) is 13.8 Å². The van der Waals surface area contributed by atoms with Crippen molar-refractivity contribution in [3.05, 3.63) is 17.1 Å². The topological polar surface area (TPSA) is 69.6 Å². The number of carbonyl (C=O) groups excluding carboxylic acids is 2. The first-order valence-corrected chi connectivity index (χ1v) is 9.92. The van der Waals surface area contributed by atoms with Crippen LogP contribution in [-0.2, 0) is 22.6 Å². The van der Waals surface area contributed by atoms with E-state index in [9.17, 15) is 9.59 Å². The largest absolute Gasteiger partial charge is 0.362 e. The Bertz CT molecular complexity index is 731. The average molecular weight is 374 g/mol. The summed E-state index contributed by atoms with van der Waals surface area (Å²) in [4.78, 5) is 40.1. The number of anilines is 1. The van der Waals surface area contributed by atoms with Crippen molar-refractivity contribution < 1.29 is 9.59 Å². The van der Waals surface area contributed by atoms with Crippen LogP contribution in [0, 0.1) is 5.92 Å². The summed E-state index contributed by atoms with van der Waals surface area (Å²) in [6.07, 6.45) is 3.76. The lowest BCUT2D eigenvalue weighted by Gasteiger charge is -2.37. The van der Waals surface area contributed by atoms with Crippen molar-refractivity contribution in [3.63, 3.8) is 0 Å². The van der Waals surface area contributed by atoms with Crippen molar-refractivity contribution in [2.45, 2.75) is 59.0 Å². The van der Waals surface area contributed by atoms with Crippen LogP contribution in [0.1, 0.15) is 63.2 Å². The third kappa shape index (κ3) is 3.92. The van der Waals surface area contributed by atoms with Crippen molar-refractivity contribution in [1.29, 1.82) is 0 Å². The van der Waals surface area contributed by atoms with E-state index >= 15 is 0 Å². The van der Waals surface area contributed by atoms with Crippen molar-refractivity contribution in [2.75, 3.05) is 32.1 Å². The standard InChI is InChI=1S/C20H31N5O2/c1-13(2)20(27)25-10-7-6-8-17(25)18-21-16-9-11-24(14(3)26)12-15(16)19(22-18)23(4)5/h13,17H,6-12H2,1-5H3/t17-/m1/s1. The number of fused-ring (bicyclic) bond motifs is 1. The van der Waals surface area contributed by atoms with Gasteiger partial charge >= 0.3 is 0 Å². The summed E-state index contributed by atoms with van der Waals surface area (Å²) in [6, 6.07) is -0.0523. The molecule has 0 spiro atoms. The molecule has 0 aliphatic carbocycles. The van der Waals surface area contributed by atoms with Crippen molar-refractivity contribution in [3.8, 4) is 0 Å². The molecule has 0 radical (unpaired) electrons. The molecule has 0 unspecified atom stereocenters. The molecule has 1 atom stereocenters. The fourth-order valence-corrected chi connectivity index (χ4v) is 4.00. The van der Waals surface area contributed by atoms with Crippen LogP contribution in [0.4, 0.5) is 5.82 Å². The lowest BCUT2D eigenvalue weighted by molar-refractivity contribution is -0.138. The second-order valence-electron chi connectivity index (χ2n) is 8.11. The zero-order valence-electron chi connectivity index (χ0n) is 17.2. The monoisotopic (exact) mass is 373 g/mol. The van der Waals surface area contributed by atoms with E-state index in [0.717, 1.165) is 55.1 Å². The molecule has 2 aliphatic heterocycles. The Balaban J connectivity index is 2.00. The van der Waals surface area contributed by atoms with E-state index in [-0.39, 0.29) is 23.8 Å². The molecular weight excluding hydrogens is 342 g/mol. The predicted molar refractivity (Wildman–Crippen MR) is 104 cm³/mol. The van der Waals surface area contributed by atoms with Crippen LogP contribution in [-0.4, -0.2) is 58.8 Å². The van der Waals surface area contributed by atoms with Crippen LogP contribution in [0.3, 0.4) is 0 Å². The van der Waals surface area contributed by atoms with E-state index in [1.807, 2.05) is 42.6 Å². The van der Waals surface area contributed by atoms with Gasteiger partial charge in [-0.25, -0.2) is 9.97 Å². The molecule has 1 fully saturated rings. The van der Waals surface area contributed by atoms with Crippen LogP contribution in [0.15, 0.2) is 0 Å². The first-order chi connectivity index (χ1) is 12.8. The highest BCUT2D eigenvalue weighted by Gasteiger charge is 2.33. The number of piperidine rings is 1. The van der Waals surface area contributed by atoms with E-state index < -0.39 is 0 Å². The molecule has 27 heavy (non-hydrogen) atoms. The maximum atomic E-state index is 12.7. The summed E-state index contributed by atoms with van der Waals surface area (Å²) >= 11 is 0. The molecule has 0 bridgehead atoms. The Morgan fingerprint density at radius 3 is 2.52 bits per heavy atom. The Kier molecular flexibility index (Phi) is 5.67. The van der Waals surface area contributed by atoms with Crippen molar-refractivity contribution in [1.82, 2.24) is 19.8 Å².